The highest BCUT2D eigenvalue weighted by atomic mass is 32.2. The van der Waals surface area contributed by atoms with Crippen LogP contribution in [0.3, 0.4) is 0 Å². The number of sulfonamides is 1. The summed E-state index contributed by atoms with van der Waals surface area (Å²) in [5, 5.41) is 2.87. The fraction of sp³-hybridized carbons (Fsp3) is 0.417. The molecular weight excluding hydrogens is 426 g/mol. The van der Waals surface area contributed by atoms with Crippen molar-refractivity contribution in [3.8, 4) is 0 Å². The molecule has 0 aliphatic heterocycles. The summed E-state index contributed by atoms with van der Waals surface area (Å²) < 4.78 is 26.1. The van der Waals surface area contributed by atoms with Gasteiger partial charge in [-0.1, -0.05) is 55.0 Å². The summed E-state index contributed by atoms with van der Waals surface area (Å²) in [4.78, 5) is 27.8. The number of hydrogen-bond donors (Lipinski definition) is 1. The highest BCUT2D eigenvalue weighted by molar-refractivity contribution is 7.92. The fourth-order valence-electron chi connectivity index (χ4n) is 3.41. The second kappa shape index (κ2) is 11.1. The van der Waals surface area contributed by atoms with Gasteiger partial charge in [-0.05, 0) is 44.9 Å². The molecule has 0 bridgehead atoms. The lowest BCUT2D eigenvalue weighted by Gasteiger charge is -2.33. The zero-order valence-electron chi connectivity index (χ0n) is 19.4. The van der Waals surface area contributed by atoms with E-state index >= 15 is 0 Å². The molecule has 0 unspecified atom stereocenters. The molecule has 2 amide bonds. The second-order valence-corrected chi connectivity index (χ2v) is 10.1. The fourth-order valence-corrected chi connectivity index (χ4v) is 4.25. The van der Waals surface area contributed by atoms with E-state index in [4.69, 9.17) is 0 Å². The van der Waals surface area contributed by atoms with Crippen LogP contribution in [0.25, 0.3) is 0 Å². The number of anilines is 1. The van der Waals surface area contributed by atoms with Gasteiger partial charge >= 0.3 is 0 Å². The predicted octanol–water partition coefficient (Wildman–Crippen LogP) is 3.09. The van der Waals surface area contributed by atoms with Crippen LogP contribution in [-0.2, 0) is 26.2 Å². The van der Waals surface area contributed by atoms with E-state index in [1.54, 1.807) is 24.3 Å². The minimum absolute atomic E-state index is 0.0784. The standard InChI is InChI=1S/C24H33N3O4S/c1-6-22(24(29)25-18(2)3)26(16-20-10-8-7-9-11-20)23(28)17-27(32(5,30)31)21-14-12-19(4)13-15-21/h7-15,18,22H,6,16-17H2,1-5H3,(H,25,29)/t22-/m0/s1. The van der Waals surface area contributed by atoms with Crippen molar-refractivity contribution in [3.05, 3.63) is 65.7 Å². The maximum absolute atomic E-state index is 13.5. The Labute approximate surface area is 191 Å². The van der Waals surface area contributed by atoms with Crippen LogP contribution in [0.15, 0.2) is 54.6 Å². The maximum Gasteiger partial charge on any atom is 0.244 e. The van der Waals surface area contributed by atoms with Crippen molar-refractivity contribution >= 4 is 27.5 Å². The molecule has 0 radical (unpaired) electrons. The number of carbonyl (C=O) groups is 2. The van der Waals surface area contributed by atoms with Gasteiger partial charge in [0.25, 0.3) is 0 Å². The Morgan fingerprint density at radius 2 is 1.59 bits per heavy atom. The third-order valence-electron chi connectivity index (χ3n) is 5.01. The minimum Gasteiger partial charge on any atom is -0.352 e. The van der Waals surface area contributed by atoms with E-state index in [1.807, 2.05) is 58.0 Å². The number of nitrogens with zero attached hydrogens (tertiary/aromatic N) is 2. The molecule has 2 rings (SSSR count). The van der Waals surface area contributed by atoms with E-state index in [0.717, 1.165) is 21.7 Å². The maximum atomic E-state index is 13.5. The number of amides is 2. The minimum atomic E-state index is -3.72. The summed E-state index contributed by atoms with van der Waals surface area (Å²) in [5.74, 6) is -0.696. The van der Waals surface area contributed by atoms with Crippen molar-refractivity contribution in [2.45, 2.75) is 52.7 Å². The molecule has 2 aromatic carbocycles. The van der Waals surface area contributed by atoms with Crippen LogP contribution >= 0.6 is 0 Å². The zero-order chi connectivity index (χ0) is 23.9. The van der Waals surface area contributed by atoms with Crippen molar-refractivity contribution in [3.63, 3.8) is 0 Å². The Bertz CT molecular complexity index is 1010. The first-order chi connectivity index (χ1) is 15.0. The highest BCUT2D eigenvalue weighted by Crippen LogP contribution is 2.20. The van der Waals surface area contributed by atoms with Crippen LogP contribution in [0.5, 0.6) is 0 Å². The molecule has 1 N–H and O–H groups in total. The smallest absolute Gasteiger partial charge is 0.244 e. The monoisotopic (exact) mass is 459 g/mol. The van der Waals surface area contributed by atoms with E-state index in [9.17, 15) is 18.0 Å². The third kappa shape index (κ3) is 7.09. The van der Waals surface area contributed by atoms with Gasteiger partial charge in [0, 0.05) is 12.6 Å². The Kier molecular flexibility index (Phi) is 8.83. The van der Waals surface area contributed by atoms with Gasteiger partial charge in [-0.3, -0.25) is 13.9 Å². The molecular formula is C24H33N3O4S. The van der Waals surface area contributed by atoms with Crippen molar-refractivity contribution in [2.75, 3.05) is 17.1 Å². The van der Waals surface area contributed by atoms with E-state index in [2.05, 4.69) is 5.32 Å². The Morgan fingerprint density at radius 1 is 1.00 bits per heavy atom. The van der Waals surface area contributed by atoms with Crippen molar-refractivity contribution in [1.29, 1.82) is 0 Å². The molecule has 0 aliphatic rings. The van der Waals surface area contributed by atoms with Gasteiger partial charge in [-0.15, -0.1) is 0 Å². The largest absolute Gasteiger partial charge is 0.352 e. The van der Waals surface area contributed by atoms with E-state index in [-0.39, 0.29) is 25.0 Å². The van der Waals surface area contributed by atoms with Crippen molar-refractivity contribution < 1.29 is 18.0 Å². The summed E-state index contributed by atoms with van der Waals surface area (Å²) in [6.45, 7) is 7.27. The van der Waals surface area contributed by atoms with E-state index in [0.29, 0.717) is 12.1 Å². The average molecular weight is 460 g/mol. The lowest BCUT2D eigenvalue weighted by Crippen LogP contribution is -2.53. The van der Waals surface area contributed by atoms with Gasteiger partial charge in [0.1, 0.15) is 12.6 Å². The molecule has 7 nitrogen and oxygen atoms in total. The van der Waals surface area contributed by atoms with Crippen molar-refractivity contribution in [2.24, 2.45) is 0 Å². The van der Waals surface area contributed by atoms with Crippen LogP contribution in [-0.4, -0.2) is 50.0 Å². The van der Waals surface area contributed by atoms with Crippen LogP contribution < -0.4 is 9.62 Å². The summed E-state index contributed by atoms with van der Waals surface area (Å²) in [7, 11) is -3.72. The van der Waals surface area contributed by atoms with E-state index in [1.165, 1.54) is 4.90 Å². The van der Waals surface area contributed by atoms with Gasteiger partial charge < -0.3 is 10.2 Å². The summed E-state index contributed by atoms with van der Waals surface area (Å²) >= 11 is 0. The highest BCUT2D eigenvalue weighted by Gasteiger charge is 2.31. The van der Waals surface area contributed by atoms with Gasteiger partial charge in [0.2, 0.25) is 21.8 Å². The number of carbonyl (C=O) groups excluding carboxylic acids is 2. The first kappa shape index (κ1) is 25.4. The molecule has 0 fully saturated rings. The Hall–Kier alpha value is -2.87. The number of nitrogens with one attached hydrogen (secondary N) is 1. The Morgan fingerprint density at radius 3 is 2.09 bits per heavy atom. The molecule has 0 aliphatic carbocycles. The lowest BCUT2D eigenvalue weighted by atomic mass is 10.1. The summed E-state index contributed by atoms with van der Waals surface area (Å²) in [6, 6.07) is 15.5. The van der Waals surface area contributed by atoms with Crippen LogP contribution in [0, 0.1) is 6.92 Å². The normalized spacial score (nSPS) is 12.3. The van der Waals surface area contributed by atoms with Gasteiger partial charge in [0.05, 0.1) is 11.9 Å². The second-order valence-electron chi connectivity index (χ2n) is 8.20. The number of hydrogen-bond acceptors (Lipinski definition) is 4. The van der Waals surface area contributed by atoms with E-state index < -0.39 is 22.0 Å². The molecule has 0 saturated heterocycles. The molecule has 0 spiro atoms. The SMILES string of the molecule is CC[C@@H](C(=O)NC(C)C)N(Cc1ccccc1)C(=O)CN(c1ccc(C)cc1)S(C)(=O)=O. The molecule has 0 aromatic heterocycles. The summed E-state index contributed by atoms with van der Waals surface area (Å²) in [6.07, 6.45) is 1.48. The molecule has 0 saturated carbocycles. The first-order valence-electron chi connectivity index (χ1n) is 10.7. The van der Waals surface area contributed by atoms with Crippen LogP contribution in [0.4, 0.5) is 5.69 Å². The molecule has 8 heteroatoms. The Balaban J connectivity index is 2.40. The summed E-state index contributed by atoms with van der Waals surface area (Å²) in [5.41, 5.74) is 2.25. The average Bonchev–Trinajstić information content (AvgIpc) is 2.72. The van der Waals surface area contributed by atoms with Gasteiger partial charge in [-0.2, -0.15) is 0 Å². The molecule has 2 aromatic rings. The molecule has 1 atom stereocenters. The molecule has 32 heavy (non-hydrogen) atoms. The number of rotatable bonds is 10. The van der Waals surface area contributed by atoms with Crippen LogP contribution in [0.1, 0.15) is 38.3 Å². The first-order valence-corrected chi connectivity index (χ1v) is 12.6. The topological polar surface area (TPSA) is 86.8 Å². The van der Waals surface area contributed by atoms with Gasteiger partial charge in [0.15, 0.2) is 0 Å². The zero-order valence-corrected chi connectivity index (χ0v) is 20.2. The predicted molar refractivity (Wildman–Crippen MR) is 128 cm³/mol. The van der Waals surface area contributed by atoms with Crippen LogP contribution in [0.2, 0.25) is 0 Å². The molecule has 174 valence electrons. The van der Waals surface area contributed by atoms with Crippen molar-refractivity contribution in [1.82, 2.24) is 10.2 Å². The number of benzene rings is 2. The molecule has 0 heterocycles. The lowest BCUT2D eigenvalue weighted by molar-refractivity contribution is -0.140. The number of aryl methyl sites for hydroxylation is 1. The van der Waals surface area contributed by atoms with Gasteiger partial charge in [-0.25, -0.2) is 8.42 Å². The quantitative estimate of drug-likeness (QED) is 0.592. The third-order valence-corrected chi connectivity index (χ3v) is 6.15.